The molecule has 0 heterocycles. The molecule has 1 unspecified atom stereocenters. The lowest BCUT2D eigenvalue weighted by atomic mass is 10.0. The molecule has 1 atom stereocenters. The SMILES string of the molecule is OCC(COc1ccccc1)c1ccccc1Br. The Morgan fingerprint density at radius 2 is 1.67 bits per heavy atom. The lowest BCUT2D eigenvalue weighted by Gasteiger charge is -2.17. The van der Waals surface area contributed by atoms with Gasteiger partial charge in [0.1, 0.15) is 5.75 Å². The van der Waals surface area contributed by atoms with E-state index < -0.39 is 0 Å². The van der Waals surface area contributed by atoms with Crippen molar-refractivity contribution in [3.63, 3.8) is 0 Å². The summed E-state index contributed by atoms with van der Waals surface area (Å²) in [6.45, 7) is 0.526. The molecule has 0 amide bonds. The molecule has 0 spiro atoms. The van der Waals surface area contributed by atoms with Crippen LogP contribution < -0.4 is 4.74 Å². The first-order valence-electron chi connectivity index (χ1n) is 5.84. The molecule has 2 rings (SSSR count). The largest absolute Gasteiger partial charge is 0.493 e. The summed E-state index contributed by atoms with van der Waals surface area (Å²) in [5, 5.41) is 9.48. The summed E-state index contributed by atoms with van der Waals surface area (Å²) in [5.74, 6) is 0.795. The third-order valence-electron chi connectivity index (χ3n) is 2.76. The van der Waals surface area contributed by atoms with E-state index in [4.69, 9.17) is 4.74 Å². The summed E-state index contributed by atoms with van der Waals surface area (Å²) in [6.07, 6.45) is 0. The van der Waals surface area contributed by atoms with Crippen molar-refractivity contribution in [2.75, 3.05) is 13.2 Å². The predicted octanol–water partition coefficient (Wildman–Crippen LogP) is 3.60. The summed E-state index contributed by atoms with van der Waals surface area (Å²) in [5.41, 5.74) is 1.07. The molecular formula is C15H15BrO2. The first-order chi connectivity index (χ1) is 8.81. The Hall–Kier alpha value is -1.32. The van der Waals surface area contributed by atoms with Crippen LogP contribution in [0.3, 0.4) is 0 Å². The topological polar surface area (TPSA) is 29.5 Å². The second kappa shape index (κ2) is 6.57. The van der Waals surface area contributed by atoms with Crippen LogP contribution in [-0.2, 0) is 0 Å². The van der Waals surface area contributed by atoms with Crippen molar-refractivity contribution in [3.05, 3.63) is 64.6 Å². The number of para-hydroxylation sites is 1. The molecule has 0 fully saturated rings. The minimum atomic E-state index is -0.0271. The van der Waals surface area contributed by atoms with Crippen LogP contribution in [0.25, 0.3) is 0 Å². The van der Waals surface area contributed by atoms with Crippen molar-refractivity contribution in [2.45, 2.75) is 5.92 Å². The van der Waals surface area contributed by atoms with Gasteiger partial charge in [-0.05, 0) is 23.8 Å². The highest BCUT2D eigenvalue weighted by Gasteiger charge is 2.14. The standard InChI is InChI=1S/C15H15BrO2/c16-15-9-5-4-8-14(15)12(10-17)11-18-13-6-2-1-3-7-13/h1-9,12,17H,10-11H2. The monoisotopic (exact) mass is 306 g/mol. The maximum atomic E-state index is 9.48. The van der Waals surface area contributed by atoms with Crippen molar-refractivity contribution in [2.24, 2.45) is 0 Å². The third-order valence-corrected chi connectivity index (χ3v) is 3.48. The average molecular weight is 307 g/mol. The normalized spacial score (nSPS) is 12.1. The van der Waals surface area contributed by atoms with Crippen LogP contribution in [0.1, 0.15) is 11.5 Å². The van der Waals surface area contributed by atoms with Crippen molar-refractivity contribution in [3.8, 4) is 5.75 Å². The van der Waals surface area contributed by atoms with E-state index in [1.54, 1.807) is 0 Å². The van der Waals surface area contributed by atoms with Gasteiger partial charge < -0.3 is 9.84 Å². The fourth-order valence-corrected chi connectivity index (χ4v) is 2.37. The van der Waals surface area contributed by atoms with Crippen LogP contribution in [0.2, 0.25) is 0 Å². The molecule has 0 aliphatic carbocycles. The number of ether oxygens (including phenoxy) is 1. The summed E-state index contributed by atoms with van der Waals surface area (Å²) >= 11 is 3.50. The number of benzene rings is 2. The van der Waals surface area contributed by atoms with E-state index in [1.165, 1.54) is 0 Å². The summed E-state index contributed by atoms with van der Waals surface area (Å²) in [4.78, 5) is 0. The van der Waals surface area contributed by atoms with Crippen molar-refractivity contribution in [1.82, 2.24) is 0 Å². The van der Waals surface area contributed by atoms with Crippen LogP contribution in [0.4, 0.5) is 0 Å². The van der Waals surface area contributed by atoms with Crippen molar-refractivity contribution in [1.29, 1.82) is 0 Å². The van der Waals surface area contributed by atoms with Gasteiger partial charge in [0.25, 0.3) is 0 Å². The lowest BCUT2D eigenvalue weighted by Crippen LogP contribution is -2.14. The lowest BCUT2D eigenvalue weighted by molar-refractivity contribution is 0.204. The second-order valence-electron chi connectivity index (χ2n) is 4.03. The molecule has 2 aromatic carbocycles. The number of hydrogen-bond donors (Lipinski definition) is 1. The fourth-order valence-electron chi connectivity index (χ4n) is 1.76. The van der Waals surface area contributed by atoms with Crippen molar-refractivity contribution >= 4 is 15.9 Å². The maximum Gasteiger partial charge on any atom is 0.119 e. The third kappa shape index (κ3) is 3.34. The Balaban J connectivity index is 2.04. The number of halogens is 1. The molecule has 0 saturated carbocycles. The number of hydrogen-bond acceptors (Lipinski definition) is 2. The molecule has 0 radical (unpaired) electrons. The van der Waals surface area contributed by atoms with Gasteiger partial charge in [-0.2, -0.15) is 0 Å². The first-order valence-corrected chi connectivity index (χ1v) is 6.63. The van der Waals surface area contributed by atoms with E-state index in [1.807, 2.05) is 54.6 Å². The zero-order valence-electron chi connectivity index (χ0n) is 9.92. The summed E-state index contributed by atoms with van der Waals surface area (Å²) in [7, 11) is 0. The van der Waals surface area contributed by atoms with E-state index in [0.29, 0.717) is 6.61 Å². The van der Waals surface area contributed by atoms with Gasteiger partial charge in [0, 0.05) is 10.4 Å². The second-order valence-corrected chi connectivity index (χ2v) is 4.88. The van der Waals surface area contributed by atoms with E-state index >= 15 is 0 Å². The van der Waals surface area contributed by atoms with Gasteiger partial charge in [-0.3, -0.25) is 0 Å². The van der Waals surface area contributed by atoms with E-state index in [-0.39, 0.29) is 12.5 Å². The molecule has 0 aromatic heterocycles. The average Bonchev–Trinajstić information content (AvgIpc) is 2.42. The van der Waals surface area contributed by atoms with Gasteiger partial charge in [-0.25, -0.2) is 0 Å². The van der Waals surface area contributed by atoms with E-state index in [2.05, 4.69) is 15.9 Å². The maximum absolute atomic E-state index is 9.48. The van der Waals surface area contributed by atoms with Crippen LogP contribution in [-0.4, -0.2) is 18.3 Å². The highest BCUT2D eigenvalue weighted by atomic mass is 79.9. The Labute approximate surface area is 115 Å². The van der Waals surface area contributed by atoms with Gasteiger partial charge in [0.05, 0.1) is 13.2 Å². The number of aliphatic hydroxyl groups excluding tert-OH is 1. The molecule has 0 aliphatic heterocycles. The van der Waals surface area contributed by atoms with Crippen LogP contribution in [0.5, 0.6) is 5.75 Å². The number of aliphatic hydroxyl groups is 1. The molecule has 2 aromatic rings. The minimum Gasteiger partial charge on any atom is -0.493 e. The van der Waals surface area contributed by atoms with Crippen LogP contribution in [0.15, 0.2) is 59.1 Å². The molecule has 3 heteroatoms. The minimum absolute atomic E-state index is 0.0271. The Bertz CT molecular complexity index is 485. The molecule has 18 heavy (non-hydrogen) atoms. The zero-order chi connectivity index (χ0) is 12.8. The Morgan fingerprint density at radius 1 is 1.00 bits per heavy atom. The predicted molar refractivity (Wildman–Crippen MR) is 75.9 cm³/mol. The molecule has 2 nitrogen and oxygen atoms in total. The first kappa shape index (κ1) is 13.1. The molecule has 94 valence electrons. The zero-order valence-corrected chi connectivity index (χ0v) is 11.5. The molecule has 1 N–H and O–H groups in total. The molecular weight excluding hydrogens is 292 g/mol. The van der Waals surface area contributed by atoms with Gasteiger partial charge in [0.2, 0.25) is 0 Å². The van der Waals surface area contributed by atoms with Crippen molar-refractivity contribution < 1.29 is 9.84 Å². The smallest absolute Gasteiger partial charge is 0.119 e. The summed E-state index contributed by atoms with van der Waals surface area (Å²) < 4.78 is 6.69. The Morgan fingerprint density at radius 3 is 2.33 bits per heavy atom. The van der Waals surface area contributed by atoms with Gasteiger partial charge >= 0.3 is 0 Å². The summed E-state index contributed by atoms with van der Waals surface area (Å²) in [6, 6.07) is 17.5. The van der Waals surface area contributed by atoms with Crippen LogP contribution in [0, 0.1) is 0 Å². The molecule has 0 bridgehead atoms. The fraction of sp³-hybridized carbons (Fsp3) is 0.200. The highest BCUT2D eigenvalue weighted by molar-refractivity contribution is 9.10. The van der Waals surface area contributed by atoms with E-state index in [9.17, 15) is 5.11 Å². The van der Waals surface area contributed by atoms with Gasteiger partial charge in [-0.15, -0.1) is 0 Å². The van der Waals surface area contributed by atoms with Gasteiger partial charge in [-0.1, -0.05) is 52.3 Å². The highest BCUT2D eigenvalue weighted by Crippen LogP contribution is 2.25. The number of rotatable bonds is 5. The quantitative estimate of drug-likeness (QED) is 0.914. The van der Waals surface area contributed by atoms with E-state index in [0.717, 1.165) is 15.8 Å². The van der Waals surface area contributed by atoms with Gasteiger partial charge in [0.15, 0.2) is 0 Å². The Kier molecular flexibility index (Phi) is 4.79. The van der Waals surface area contributed by atoms with Crippen LogP contribution >= 0.6 is 15.9 Å². The molecule has 0 aliphatic rings. The molecule has 0 saturated heterocycles.